The van der Waals surface area contributed by atoms with Gasteiger partial charge in [-0.1, -0.05) is 150 Å². The summed E-state index contributed by atoms with van der Waals surface area (Å²) in [4.78, 5) is 5.69. The molecule has 6 aliphatic carbocycles. The lowest BCUT2D eigenvalue weighted by atomic mass is 9.42. The second-order valence-corrected chi connectivity index (χ2v) is 22.3. The third kappa shape index (κ3) is 5.05. The molecule has 1 nitrogen and oxygen atoms in total. The average molecular weight is 788 g/mol. The van der Waals surface area contributed by atoms with Gasteiger partial charge in [0.05, 0.1) is 11.4 Å². The number of anilines is 3. The van der Waals surface area contributed by atoms with E-state index in [0.29, 0.717) is 11.8 Å². The first-order valence-corrected chi connectivity index (χ1v) is 23.5. The monoisotopic (exact) mass is 787 g/mol. The number of hydrogen-bond donors (Lipinski definition) is 0. The van der Waals surface area contributed by atoms with E-state index in [1.54, 1.807) is 11.1 Å². The van der Waals surface area contributed by atoms with Crippen LogP contribution in [0.2, 0.25) is 0 Å². The highest BCUT2D eigenvalue weighted by Crippen LogP contribution is 2.70. The standard InChI is InChI=1S/C57H57NS/c1-54(2)26-27-55(3,4)52-46(54)18-12-20-49(52)58(41-23-24-43-42-16-10-11-17-44(42)56(5,6)48(43)34-41)50-21-13-19-47-53(50)59-51-33-38(37-14-8-7-9-15-37)22-25-45(51)57(47)39-29-35-28-36(31-39)32-40(57)30-35/h7-25,33-36,39-40H,26-32H2,1-6H3. The van der Waals surface area contributed by atoms with Gasteiger partial charge in [0.25, 0.3) is 0 Å². The first kappa shape index (κ1) is 36.3. The Morgan fingerprint density at radius 1 is 0.492 bits per heavy atom. The van der Waals surface area contributed by atoms with Crippen molar-refractivity contribution in [3.05, 3.63) is 161 Å². The Morgan fingerprint density at radius 2 is 1.14 bits per heavy atom. The molecule has 0 aromatic heterocycles. The normalized spacial score (nSPS) is 26.7. The lowest BCUT2D eigenvalue weighted by molar-refractivity contribution is -0.0443. The molecule has 4 fully saturated rings. The Kier molecular flexibility index (Phi) is 7.70. The fourth-order valence-electron chi connectivity index (χ4n) is 14.1. The topological polar surface area (TPSA) is 3.24 Å². The molecule has 4 bridgehead atoms. The molecule has 4 saturated carbocycles. The van der Waals surface area contributed by atoms with E-state index in [0.717, 1.165) is 11.8 Å². The van der Waals surface area contributed by atoms with Crippen molar-refractivity contribution in [3.63, 3.8) is 0 Å². The van der Waals surface area contributed by atoms with Gasteiger partial charge in [0.15, 0.2) is 0 Å². The highest BCUT2D eigenvalue weighted by atomic mass is 32.2. The highest BCUT2D eigenvalue weighted by molar-refractivity contribution is 7.99. The predicted octanol–water partition coefficient (Wildman–Crippen LogP) is 15.7. The third-order valence-electron chi connectivity index (χ3n) is 16.7. The van der Waals surface area contributed by atoms with E-state index in [4.69, 9.17) is 0 Å². The Hall–Kier alpha value is -4.53. The molecule has 0 radical (unpaired) electrons. The van der Waals surface area contributed by atoms with Gasteiger partial charge < -0.3 is 4.90 Å². The fraction of sp³-hybridized carbons (Fsp3) is 0.368. The summed E-state index contributed by atoms with van der Waals surface area (Å²) in [6.45, 7) is 14.8. The largest absolute Gasteiger partial charge is 0.309 e. The van der Waals surface area contributed by atoms with Gasteiger partial charge in [0, 0.05) is 26.3 Å². The van der Waals surface area contributed by atoms with Crippen LogP contribution in [0.25, 0.3) is 22.3 Å². The van der Waals surface area contributed by atoms with Crippen molar-refractivity contribution < 1.29 is 0 Å². The molecule has 1 spiro atoms. The highest BCUT2D eigenvalue weighted by Gasteiger charge is 2.61. The van der Waals surface area contributed by atoms with Crippen LogP contribution in [0.3, 0.4) is 0 Å². The third-order valence-corrected chi connectivity index (χ3v) is 17.9. The van der Waals surface area contributed by atoms with Crippen LogP contribution in [0, 0.1) is 23.7 Å². The van der Waals surface area contributed by atoms with Crippen LogP contribution in [0.4, 0.5) is 17.1 Å². The first-order valence-electron chi connectivity index (χ1n) is 22.6. The molecule has 59 heavy (non-hydrogen) atoms. The molecular formula is C57H57NS. The quantitative estimate of drug-likeness (QED) is 0.175. The second-order valence-electron chi connectivity index (χ2n) is 21.2. The molecule has 7 aliphatic rings. The number of nitrogens with zero attached hydrogens (tertiary/aromatic N) is 1. The van der Waals surface area contributed by atoms with E-state index in [1.807, 2.05) is 0 Å². The lowest BCUT2D eigenvalue weighted by Crippen LogP contribution is -2.57. The van der Waals surface area contributed by atoms with Crippen LogP contribution >= 0.6 is 11.8 Å². The van der Waals surface area contributed by atoms with Crippen molar-refractivity contribution >= 4 is 28.8 Å². The SMILES string of the molecule is CC1(C)CCC(C)(C)c2c(N(c3ccc4c(c3)C(C)(C)c3ccccc3-4)c3cccc4c3Sc3cc(-c5ccccc5)ccc3C43C4CC5CC(C4)CC3C5)cccc21. The number of fused-ring (bicyclic) bond motifs is 6. The van der Waals surface area contributed by atoms with Crippen molar-refractivity contribution in [3.8, 4) is 22.3 Å². The van der Waals surface area contributed by atoms with Crippen LogP contribution in [0.5, 0.6) is 0 Å². The fourth-order valence-corrected chi connectivity index (χ4v) is 15.4. The summed E-state index contributed by atoms with van der Waals surface area (Å²) in [6.07, 6.45) is 9.34. The summed E-state index contributed by atoms with van der Waals surface area (Å²) in [6, 6.07) is 50.0. The maximum absolute atomic E-state index is 2.74. The lowest BCUT2D eigenvalue weighted by Gasteiger charge is -2.63. The molecule has 0 saturated heterocycles. The molecule has 2 heteroatoms. The van der Waals surface area contributed by atoms with Gasteiger partial charge in [-0.05, 0) is 165 Å². The van der Waals surface area contributed by atoms with Crippen LogP contribution in [0.1, 0.15) is 120 Å². The molecule has 1 aliphatic heterocycles. The van der Waals surface area contributed by atoms with E-state index >= 15 is 0 Å². The Morgan fingerprint density at radius 3 is 1.90 bits per heavy atom. The van der Waals surface area contributed by atoms with E-state index < -0.39 is 0 Å². The average Bonchev–Trinajstić information content (AvgIpc) is 3.46. The van der Waals surface area contributed by atoms with E-state index in [9.17, 15) is 0 Å². The maximum Gasteiger partial charge on any atom is 0.0604 e. The summed E-state index contributed by atoms with van der Waals surface area (Å²) in [5.74, 6) is 3.17. The predicted molar refractivity (Wildman–Crippen MR) is 248 cm³/mol. The molecule has 6 aromatic carbocycles. The van der Waals surface area contributed by atoms with Gasteiger partial charge in [0.2, 0.25) is 0 Å². The molecule has 0 amide bonds. The van der Waals surface area contributed by atoms with Crippen molar-refractivity contribution in [1.29, 1.82) is 0 Å². The smallest absolute Gasteiger partial charge is 0.0604 e. The van der Waals surface area contributed by atoms with Crippen molar-refractivity contribution in [2.24, 2.45) is 23.7 Å². The Bertz CT molecular complexity index is 2670. The molecule has 0 N–H and O–H groups in total. The number of rotatable bonds is 4. The molecule has 13 rings (SSSR count). The first-order chi connectivity index (χ1) is 28.4. The summed E-state index contributed by atoms with van der Waals surface area (Å²) in [7, 11) is 0. The molecule has 296 valence electrons. The van der Waals surface area contributed by atoms with Crippen LogP contribution in [0.15, 0.2) is 137 Å². The van der Waals surface area contributed by atoms with E-state index in [-0.39, 0.29) is 21.7 Å². The minimum Gasteiger partial charge on any atom is -0.309 e. The van der Waals surface area contributed by atoms with Gasteiger partial charge in [-0.2, -0.15) is 0 Å². The van der Waals surface area contributed by atoms with Crippen molar-refractivity contribution in [2.75, 3.05) is 4.90 Å². The van der Waals surface area contributed by atoms with E-state index in [2.05, 4.69) is 186 Å². The zero-order chi connectivity index (χ0) is 40.1. The molecule has 0 unspecified atom stereocenters. The summed E-state index contributed by atoms with van der Waals surface area (Å²) in [5.41, 5.74) is 18.6. The van der Waals surface area contributed by atoms with Gasteiger partial charge in [-0.15, -0.1) is 0 Å². The van der Waals surface area contributed by atoms with Crippen LogP contribution < -0.4 is 4.90 Å². The summed E-state index contributed by atoms with van der Waals surface area (Å²) < 4.78 is 0. The Balaban J connectivity index is 1.13. The van der Waals surface area contributed by atoms with Gasteiger partial charge in [0.1, 0.15) is 0 Å². The number of hydrogen-bond acceptors (Lipinski definition) is 2. The van der Waals surface area contributed by atoms with Gasteiger partial charge in [-0.25, -0.2) is 0 Å². The molecule has 0 atom stereocenters. The molecule has 6 aromatic rings. The number of benzene rings is 6. The maximum atomic E-state index is 2.74. The summed E-state index contributed by atoms with van der Waals surface area (Å²) >= 11 is 2.06. The van der Waals surface area contributed by atoms with Crippen molar-refractivity contribution in [2.45, 2.75) is 118 Å². The minimum atomic E-state index is -0.0902. The zero-order valence-electron chi connectivity index (χ0n) is 35.7. The van der Waals surface area contributed by atoms with Crippen molar-refractivity contribution in [1.82, 2.24) is 0 Å². The van der Waals surface area contributed by atoms with Gasteiger partial charge >= 0.3 is 0 Å². The molecular weight excluding hydrogens is 731 g/mol. The second kappa shape index (κ2) is 12.5. The Labute approximate surface area is 356 Å². The minimum absolute atomic E-state index is 0.0355. The zero-order valence-corrected chi connectivity index (χ0v) is 36.6. The van der Waals surface area contributed by atoms with E-state index in [1.165, 1.54) is 116 Å². The van der Waals surface area contributed by atoms with Crippen LogP contribution in [-0.2, 0) is 21.7 Å². The molecule has 1 heterocycles. The van der Waals surface area contributed by atoms with Gasteiger partial charge in [-0.3, -0.25) is 0 Å². The summed E-state index contributed by atoms with van der Waals surface area (Å²) in [5, 5.41) is 0. The van der Waals surface area contributed by atoms with Crippen LogP contribution in [-0.4, -0.2) is 0 Å².